The van der Waals surface area contributed by atoms with Crippen molar-refractivity contribution < 1.29 is 14.3 Å². The first kappa shape index (κ1) is 18.3. The maximum atomic E-state index is 12.2. The zero-order valence-corrected chi connectivity index (χ0v) is 14.6. The van der Waals surface area contributed by atoms with E-state index in [0.29, 0.717) is 12.8 Å². The van der Waals surface area contributed by atoms with Crippen molar-refractivity contribution in [1.29, 1.82) is 0 Å². The van der Waals surface area contributed by atoms with Crippen LogP contribution in [0.25, 0.3) is 0 Å². The monoisotopic (exact) mass is 347 g/mol. The Hall–Kier alpha value is -2.04. The predicted octanol–water partition coefficient (Wildman–Crippen LogP) is 3.86. The summed E-state index contributed by atoms with van der Waals surface area (Å²) in [5.74, 6) is 1.75. The van der Waals surface area contributed by atoms with Gasteiger partial charge in [0.2, 0.25) is 0 Å². The lowest BCUT2D eigenvalue weighted by Crippen LogP contribution is -2.35. The first-order valence-corrected chi connectivity index (χ1v) is 7.76. The second-order valence-corrected chi connectivity index (χ2v) is 5.74. The number of benzene rings is 2. The fourth-order valence-corrected chi connectivity index (χ4v) is 3.10. The lowest BCUT2D eigenvalue weighted by atomic mass is 9.89. The van der Waals surface area contributed by atoms with Gasteiger partial charge in [0.1, 0.15) is 17.3 Å². The summed E-state index contributed by atoms with van der Waals surface area (Å²) in [6.07, 6.45) is 1.00. The molecule has 0 saturated carbocycles. The maximum Gasteiger partial charge on any atom is 0.136 e. The summed E-state index contributed by atoms with van der Waals surface area (Å²) in [6, 6.07) is 15.8. The lowest BCUT2D eigenvalue weighted by molar-refractivity contribution is -0.121. The largest absolute Gasteiger partial charge is 0.497 e. The van der Waals surface area contributed by atoms with Crippen molar-refractivity contribution in [2.45, 2.75) is 24.9 Å². The van der Waals surface area contributed by atoms with Gasteiger partial charge in [-0.2, -0.15) is 0 Å². The molecule has 0 aliphatic carbocycles. The third kappa shape index (κ3) is 3.89. The number of ketones is 1. The van der Waals surface area contributed by atoms with Crippen molar-refractivity contribution >= 4 is 18.2 Å². The molecule has 0 aromatic heterocycles. The van der Waals surface area contributed by atoms with Crippen LogP contribution in [0.4, 0.5) is 0 Å². The van der Waals surface area contributed by atoms with Gasteiger partial charge in [-0.25, -0.2) is 0 Å². The smallest absolute Gasteiger partial charge is 0.136 e. The molecule has 1 aliphatic rings. The Balaban J connectivity index is 0.00000208. The minimum Gasteiger partial charge on any atom is -0.497 e. The second-order valence-electron chi connectivity index (χ2n) is 5.74. The molecule has 1 N–H and O–H groups in total. The number of methoxy groups -OCH3 is 2. The molecule has 128 valence electrons. The molecule has 0 spiro atoms. The van der Waals surface area contributed by atoms with Crippen molar-refractivity contribution in [3.63, 3.8) is 0 Å². The quantitative estimate of drug-likeness (QED) is 0.912. The Labute approximate surface area is 148 Å². The average molecular weight is 348 g/mol. The molecule has 0 radical (unpaired) electrons. The van der Waals surface area contributed by atoms with E-state index >= 15 is 0 Å². The third-order valence-electron chi connectivity index (χ3n) is 4.28. The van der Waals surface area contributed by atoms with Gasteiger partial charge in [0.25, 0.3) is 0 Å². The number of piperidine rings is 1. The molecule has 1 heterocycles. The number of carbonyl (C=O) groups excluding carboxylic acids is 1. The van der Waals surface area contributed by atoms with Crippen LogP contribution < -0.4 is 14.8 Å². The number of ether oxygens (including phenoxy) is 2. The summed E-state index contributed by atoms with van der Waals surface area (Å²) in [5, 5.41) is 3.59. The minimum atomic E-state index is -0.0534. The molecule has 1 saturated heterocycles. The van der Waals surface area contributed by atoms with Gasteiger partial charge >= 0.3 is 0 Å². The van der Waals surface area contributed by atoms with E-state index < -0.39 is 0 Å². The van der Waals surface area contributed by atoms with Gasteiger partial charge in [-0.1, -0.05) is 36.4 Å². The number of hydrogen-bond donors (Lipinski definition) is 1. The molecule has 4 nitrogen and oxygen atoms in total. The highest BCUT2D eigenvalue weighted by Gasteiger charge is 2.30. The van der Waals surface area contributed by atoms with Crippen molar-refractivity contribution in [2.75, 3.05) is 14.2 Å². The van der Waals surface area contributed by atoms with Crippen LogP contribution in [0.3, 0.4) is 0 Å². The van der Waals surface area contributed by atoms with Gasteiger partial charge in [-0.15, -0.1) is 12.4 Å². The van der Waals surface area contributed by atoms with Crippen LogP contribution >= 0.6 is 12.4 Å². The molecule has 3 rings (SSSR count). The summed E-state index contributed by atoms with van der Waals surface area (Å²) in [7, 11) is 3.26. The van der Waals surface area contributed by atoms with Crippen LogP contribution in [0.15, 0.2) is 48.5 Å². The fraction of sp³-hybridized carbons (Fsp3) is 0.316. The number of hydrogen-bond acceptors (Lipinski definition) is 4. The predicted molar refractivity (Wildman–Crippen MR) is 96.1 cm³/mol. The Bertz CT molecular complexity index is 690. The molecule has 0 amide bonds. The van der Waals surface area contributed by atoms with Gasteiger partial charge in [0.15, 0.2) is 0 Å². The number of nitrogens with one attached hydrogen (secondary N) is 1. The van der Waals surface area contributed by atoms with Crippen molar-refractivity contribution in [1.82, 2.24) is 5.32 Å². The lowest BCUT2D eigenvalue weighted by Gasteiger charge is -2.31. The Morgan fingerprint density at radius 3 is 2.33 bits per heavy atom. The highest BCUT2D eigenvalue weighted by atomic mass is 35.5. The number of rotatable bonds is 4. The zero-order valence-electron chi connectivity index (χ0n) is 13.8. The van der Waals surface area contributed by atoms with Crippen LogP contribution in [-0.4, -0.2) is 20.0 Å². The molecule has 1 fully saturated rings. The van der Waals surface area contributed by atoms with Crippen LogP contribution in [0.5, 0.6) is 11.5 Å². The van der Waals surface area contributed by atoms with Gasteiger partial charge in [0.05, 0.1) is 14.2 Å². The van der Waals surface area contributed by atoms with Crippen LogP contribution in [-0.2, 0) is 4.79 Å². The SMILES string of the molecule is COc1ccc([C@H]2CC(=O)C[C@@H](c3ccccc3)N2)c(OC)c1.Cl. The highest BCUT2D eigenvalue weighted by Crippen LogP contribution is 2.36. The first-order valence-electron chi connectivity index (χ1n) is 7.76. The standard InChI is InChI=1S/C19H21NO3.ClH/c1-22-15-8-9-16(19(12-15)23-2)18-11-14(21)10-17(20-18)13-6-4-3-5-7-13;/h3-9,12,17-18,20H,10-11H2,1-2H3;1H/t17-,18+;/m0./s1. The molecular weight excluding hydrogens is 326 g/mol. The first-order chi connectivity index (χ1) is 11.2. The van der Waals surface area contributed by atoms with E-state index in [9.17, 15) is 4.79 Å². The number of halogens is 1. The third-order valence-corrected chi connectivity index (χ3v) is 4.28. The fourth-order valence-electron chi connectivity index (χ4n) is 3.10. The summed E-state index contributed by atoms with van der Waals surface area (Å²) in [5.41, 5.74) is 2.13. The Kier molecular flexibility index (Phi) is 6.23. The van der Waals surface area contributed by atoms with Gasteiger partial charge in [0, 0.05) is 36.6 Å². The summed E-state index contributed by atoms with van der Waals surface area (Å²) in [4.78, 5) is 12.2. The van der Waals surface area contributed by atoms with Gasteiger partial charge < -0.3 is 14.8 Å². The van der Waals surface area contributed by atoms with E-state index in [-0.39, 0.29) is 30.3 Å². The molecular formula is C19H22ClNO3. The van der Waals surface area contributed by atoms with Crippen LogP contribution in [0.2, 0.25) is 0 Å². The molecule has 2 aromatic rings. The molecule has 5 heteroatoms. The van der Waals surface area contributed by atoms with E-state index in [4.69, 9.17) is 9.47 Å². The molecule has 24 heavy (non-hydrogen) atoms. The van der Waals surface area contributed by atoms with Crippen molar-refractivity contribution in [3.8, 4) is 11.5 Å². The van der Waals surface area contributed by atoms with Crippen molar-refractivity contribution in [2.24, 2.45) is 0 Å². The van der Waals surface area contributed by atoms with E-state index in [1.807, 2.05) is 36.4 Å². The molecule has 0 bridgehead atoms. The van der Waals surface area contributed by atoms with E-state index in [2.05, 4.69) is 17.4 Å². The van der Waals surface area contributed by atoms with Crippen LogP contribution in [0, 0.1) is 0 Å². The topological polar surface area (TPSA) is 47.6 Å². The van der Waals surface area contributed by atoms with E-state index in [1.165, 1.54) is 0 Å². The summed E-state index contributed by atoms with van der Waals surface area (Å²) < 4.78 is 10.7. The summed E-state index contributed by atoms with van der Waals surface area (Å²) in [6.45, 7) is 0. The normalized spacial score (nSPS) is 20.2. The van der Waals surface area contributed by atoms with E-state index in [0.717, 1.165) is 22.6 Å². The average Bonchev–Trinajstić information content (AvgIpc) is 2.61. The Morgan fingerprint density at radius 2 is 1.67 bits per heavy atom. The Morgan fingerprint density at radius 1 is 0.958 bits per heavy atom. The molecule has 2 atom stereocenters. The maximum absolute atomic E-state index is 12.2. The summed E-state index contributed by atoms with van der Waals surface area (Å²) >= 11 is 0. The zero-order chi connectivity index (χ0) is 16.2. The molecule has 2 aromatic carbocycles. The second kappa shape index (κ2) is 8.18. The molecule has 1 aliphatic heterocycles. The van der Waals surface area contributed by atoms with Crippen LogP contribution in [0.1, 0.15) is 36.1 Å². The minimum absolute atomic E-state index is 0. The highest BCUT2D eigenvalue weighted by molar-refractivity contribution is 5.85. The molecule has 0 unspecified atom stereocenters. The number of carbonyl (C=O) groups is 1. The van der Waals surface area contributed by atoms with Gasteiger partial charge in [-0.3, -0.25) is 4.79 Å². The van der Waals surface area contributed by atoms with E-state index in [1.54, 1.807) is 14.2 Å². The number of Topliss-reactive ketones (excluding diaryl/α,β-unsaturated/α-hetero) is 1. The van der Waals surface area contributed by atoms with Crippen molar-refractivity contribution in [3.05, 3.63) is 59.7 Å². The van der Waals surface area contributed by atoms with Gasteiger partial charge in [-0.05, 0) is 11.6 Å².